The van der Waals surface area contributed by atoms with Crippen molar-refractivity contribution in [2.24, 2.45) is 5.41 Å². The van der Waals surface area contributed by atoms with Crippen LogP contribution in [0.3, 0.4) is 0 Å². The van der Waals surface area contributed by atoms with Gasteiger partial charge in [-0.2, -0.15) is 0 Å². The molecule has 0 aliphatic carbocycles. The molecule has 0 aromatic carbocycles. The van der Waals surface area contributed by atoms with Gasteiger partial charge in [-0.3, -0.25) is 0 Å². The summed E-state index contributed by atoms with van der Waals surface area (Å²) in [6.45, 7) is 7.49. The van der Waals surface area contributed by atoms with Crippen LogP contribution < -0.4 is 0 Å². The fourth-order valence-corrected chi connectivity index (χ4v) is 2.38. The van der Waals surface area contributed by atoms with E-state index >= 15 is 0 Å². The standard InChI is InChI=1S/C13H27N/c1-13(2)9-5-4-7-11-14(3)12-8-6-10-13/h4-12H2,1-3H3. The summed E-state index contributed by atoms with van der Waals surface area (Å²) in [5.74, 6) is 0. The lowest BCUT2D eigenvalue weighted by Gasteiger charge is -2.24. The van der Waals surface area contributed by atoms with Crippen LogP contribution in [0.15, 0.2) is 0 Å². The highest BCUT2D eigenvalue weighted by Gasteiger charge is 2.17. The third-order valence-electron chi connectivity index (χ3n) is 3.54. The van der Waals surface area contributed by atoms with Crippen molar-refractivity contribution >= 4 is 0 Å². The highest BCUT2D eigenvalue weighted by Crippen LogP contribution is 2.30. The van der Waals surface area contributed by atoms with Gasteiger partial charge in [-0.1, -0.05) is 33.1 Å². The van der Waals surface area contributed by atoms with Crippen LogP contribution in [-0.4, -0.2) is 25.0 Å². The highest BCUT2D eigenvalue weighted by molar-refractivity contribution is 4.70. The van der Waals surface area contributed by atoms with E-state index in [0.29, 0.717) is 5.41 Å². The van der Waals surface area contributed by atoms with Crippen molar-refractivity contribution in [1.29, 1.82) is 0 Å². The summed E-state index contributed by atoms with van der Waals surface area (Å²) < 4.78 is 0. The molecule has 1 nitrogen and oxygen atoms in total. The quantitative estimate of drug-likeness (QED) is 0.572. The van der Waals surface area contributed by atoms with Crippen molar-refractivity contribution in [3.8, 4) is 0 Å². The monoisotopic (exact) mass is 197 g/mol. The van der Waals surface area contributed by atoms with Crippen LogP contribution >= 0.6 is 0 Å². The van der Waals surface area contributed by atoms with Crippen LogP contribution in [0.5, 0.6) is 0 Å². The number of nitrogens with zero attached hydrogens (tertiary/aromatic N) is 1. The van der Waals surface area contributed by atoms with Crippen LogP contribution in [0.2, 0.25) is 0 Å². The number of hydrogen-bond acceptors (Lipinski definition) is 1. The molecule has 1 saturated heterocycles. The maximum atomic E-state index is 2.50. The summed E-state index contributed by atoms with van der Waals surface area (Å²) in [6.07, 6.45) is 9.90. The van der Waals surface area contributed by atoms with Crippen LogP contribution in [-0.2, 0) is 0 Å². The fraction of sp³-hybridized carbons (Fsp3) is 1.00. The zero-order chi connectivity index (χ0) is 10.4. The lowest BCUT2D eigenvalue weighted by atomic mass is 9.82. The van der Waals surface area contributed by atoms with Gasteiger partial charge < -0.3 is 4.90 Å². The van der Waals surface area contributed by atoms with Crippen LogP contribution in [0, 0.1) is 5.41 Å². The van der Waals surface area contributed by atoms with Gasteiger partial charge in [0.05, 0.1) is 0 Å². The summed E-state index contributed by atoms with van der Waals surface area (Å²) in [5, 5.41) is 0. The first-order chi connectivity index (χ1) is 6.60. The van der Waals surface area contributed by atoms with E-state index < -0.39 is 0 Å². The molecule has 14 heavy (non-hydrogen) atoms. The van der Waals surface area contributed by atoms with Gasteiger partial charge in [0.15, 0.2) is 0 Å². The molecular formula is C13H27N. The lowest BCUT2D eigenvalue weighted by Crippen LogP contribution is -2.20. The van der Waals surface area contributed by atoms with Crippen molar-refractivity contribution in [2.45, 2.75) is 58.8 Å². The average Bonchev–Trinajstić information content (AvgIpc) is 2.13. The first-order valence-electron chi connectivity index (χ1n) is 6.29. The van der Waals surface area contributed by atoms with E-state index in [0.717, 1.165) is 0 Å². The Bertz CT molecular complexity index is 151. The molecule has 0 N–H and O–H groups in total. The van der Waals surface area contributed by atoms with Gasteiger partial charge in [0, 0.05) is 0 Å². The first-order valence-corrected chi connectivity index (χ1v) is 6.29. The SMILES string of the molecule is CN1CCCCCC(C)(C)CCCC1. The topological polar surface area (TPSA) is 3.24 Å². The van der Waals surface area contributed by atoms with E-state index in [1.54, 1.807) is 0 Å². The van der Waals surface area contributed by atoms with Crippen LogP contribution in [0.1, 0.15) is 58.8 Å². The lowest BCUT2D eigenvalue weighted by molar-refractivity contribution is 0.283. The third kappa shape index (κ3) is 4.99. The molecule has 0 saturated carbocycles. The Balaban J connectivity index is 2.34. The van der Waals surface area contributed by atoms with Gasteiger partial charge >= 0.3 is 0 Å². The van der Waals surface area contributed by atoms with Crippen molar-refractivity contribution in [2.75, 3.05) is 20.1 Å². The van der Waals surface area contributed by atoms with Crippen molar-refractivity contribution in [1.82, 2.24) is 4.90 Å². The third-order valence-corrected chi connectivity index (χ3v) is 3.54. The van der Waals surface area contributed by atoms with E-state index in [4.69, 9.17) is 0 Å². The molecule has 0 amide bonds. The predicted molar refractivity (Wildman–Crippen MR) is 63.6 cm³/mol. The molecule has 0 bridgehead atoms. The van der Waals surface area contributed by atoms with Crippen LogP contribution in [0.4, 0.5) is 0 Å². The van der Waals surface area contributed by atoms with E-state index in [-0.39, 0.29) is 0 Å². The number of hydrogen-bond donors (Lipinski definition) is 0. The van der Waals surface area contributed by atoms with Crippen molar-refractivity contribution in [3.63, 3.8) is 0 Å². The minimum absolute atomic E-state index is 0.600. The fourth-order valence-electron chi connectivity index (χ4n) is 2.38. The summed E-state index contributed by atoms with van der Waals surface area (Å²) in [7, 11) is 2.27. The number of rotatable bonds is 0. The largest absolute Gasteiger partial charge is 0.306 e. The van der Waals surface area contributed by atoms with Gasteiger partial charge in [0.1, 0.15) is 0 Å². The molecule has 1 heterocycles. The molecule has 0 aromatic heterocycles. The van der Waals surface area contributed by atoms with E-state index in [1.165, 1.54) is 58.0 Å². The second-order valence-electron chi connectivity index (χ2n) is 5.74. The highest BCUT2D eigenvalue weighted by atomic mass is 15.1. The maximum Gasteiger partial charge on any atom is -0.00218 e. The molecule has 1 aliphatic rings. The smallest absolute Gasteiger partial charge is 0.00218 e. The van der Waals surface area contributed by atoms with Gasteiger partial charge in [0.2, 0.25) is 0 Å². The van der Waals surface area contributed by atoms with Crippen LogP contribution in [0.25, 0.3) is 0 Å². The van der Waals surface area contributed by atoms with E-state index in [9.17, 15) is 0 Å². The summed E-state index contributed by atoms with van der Waals surface area (Å²) in [5.41, 5.74) is 0.600. The predicted octanol–water partition coefficient (Wildman–Crippen LogP) is 3.69. The normalized spacial score (nSPS) is 26.8. The van der Waals surface area contributed by atoms with Gasteiger partial charge in [-0.05, 0) is 51.2 Å². The second kappa shape index (κ2) is 5.75. The zero-order valence-electron chi connectivity index (χ0n) is 10.3. The Kier molecular flexibility index (Phi) is 4.94. The second-order valence-corrected chi connectivity index (χ2v) is 5.74. The minimum atomic E-state index is 0.600. The average molecular weight is 197 g/mol. The first kappa shape index (κ1) is 12.0. The summed E-state index contributed by atoms with van der Waals surface area (Å²) in [4.78, 5) is 2.50. The maximum absolute atomic E-state index is 2.50. The molecule has 1 heteroatoms. The van der Waals surface area contributed by atoms with Crippen molar-refractivity contribution in [3.05, 3.63) is 0 Å². The Labute approximate surface area is 89.9 Å². The summed E-state index contributed by atoms with van der Waals surface area (Å²) in [6, 6.07) is 0. The molecule has 84 valence electrons. The molecule has 1 rings (SSSR count). The Hall–Kier alpha value is -0.0400. The summed E-state index contributed by atoms with van der Waals surface area (Å²) >= 11 is 0. The molecule has 0 radical (unpaired) electrons. The van der Waals surface area contributed by atoms with Gasteiger partial charge in [-0.25, -0.2) is 0 Å². The zero-order valence-corrected chi connectivity index (χ0v) is 10.3. The molecule has 1 fully saturated rings. The molecule has 1 aliphatic heterocycles. The molecule has 0 unspecified atom stereocenters. The Morgan fingerprint density at radius 1 is 0.786 bits per heavy atom. The molecule has 0 spiro atoms. The Morgan fingerprint density at radius 2 is 1.29 bits per heavy atom. The van der Waals surface area contributed by atoms with E-state index in [2.05, 4.69) is 25.8 Å². The minimum Gasteiger partial charge on any atom is -0.306 e. The van der Waals surface area contributed by atoms with Gasteiger partial charge in [-0.15, -0.1) is 0 Å². The van der Waals surface area contributed by atoms with Gasteiger partial charge in [0.25, 0.3) is 0 Å². The molecule has 0 aromatic rings. The van der Waals surface area contributed by atoms with Crippen molar-refractivity contribution < 1.29 is 0 Å². The molecular weight excluding hydrogens is 170 g/mol. The Morgan fingerprint density at radius 3 is 1.93 bits per heavy atom. The molecule has 0 atom stereocenters. The van der Waals surface area contributed by atoms with E-state index in [1.807, 2.05) is 0 Å².